The van der Waals surface area contributed by atoms with Crippen LogP contribution in [0.3, 0.4) is 0 Å². The fourth-order valence-corrected chi connectivity index (χ4v) is 2.46. The number of nitrogens with zero attached hydrogens (tertiary/aromatic N) is 2. The fourth-order valence-electron chi connectivity index (χ4n) is 2.46. The minimum atomic E-state index is -0.0462. The van der Waals surface area contributed by atoms with Crippen LogP contribution in [0.25, 0.3) is 0 Å². The third-order valence-electron chi connectivity index (χ3n) is 3.99. The Labute approximate surface area is 114 Å². The molecule has 1 aromatic rings. The average molecular weight is 264 g/mol. The van der Waals surface area contributed by atoms with E-state index in [4.69, 9.17) is 5.73 Å². The smallest absolute Gasteiger partial charge is 0.276 e. The molecule has 0 aromatic carbocycles. The molecule has 19 heavy (non-hydrogen) atoms. The molecule has 0 atom stereocenters. The first kappa shape index (κ1) is 13.9. The summed E-state index contributed by atoms with van der Waals surface area (Å²) in [6.45, 7) is 7.61. The van der Waals surface area contributed by atoms with Crippen molar-refractivity contribution >= 4 is 11.6 Å². The Hall–Kier alpha value is -1.52. The third kappa shape index (κ3) is 2.74. The van der Waals surface area contributed by atoms with Crippen molar-refractivity contribution in [1.82, 2.24) is 15.1 Å². The Kier molecular flexibility index (Phi) is 4.12. The number of nitrogens with two attached hydrogens (primary N) is 1. The summed E-state index contributed by atoms with van der Waals surface area (Å²) in [6.07, 6.45) is 3.76. The highest BCUT2D eigenvalue weighted by Gasteiger charge is 2.27. The van der Waals surface area contributed by atoms with Gasteiger partial charge in [0.25, 0.3) is 5.91 Å². The van der Waals surface area contributed by atoms with Gasteiger partial charge in [0, 0.05) is 13.1 Å². The Bertz CT molecular complexity index is 448. The number of H-pyrrole nitrogens is 1. The van der Waals surface area contributed by atoms with Crippen LogP contribution in [0.4, 0.5) is 5.69 Å². The van der Waals surface area contributed by atoms with Gasteiger partial charge in [-0.05, 0) is 31.6 Å². The molecule has 1 heterocycles. The lowest BCUT2D eigenvalue weighted by Gasteiger charge is -2.31. The molecule has 5 nitrogen and oxygen atoms in total. The summed E-state index contributed by atoms with van der Waals surface area (Å²) >= 11 is 0. The molecule has 2 rings (SSSR count). The highest BCUT2D eigenvalue weighted by atomic mass is 16.2. The molecule has 3 N–H and O–H groups in total. The van der Waals surface area contributed by atoms with Crippen LogP contribution in [0.2, 0.25) is 0 Å². The van der Waals surface area contributed by atoms with Crippen LogP contribution in [0.5, 0.6) is 0 Å². The molecule has 1 amide bonds. The molecule has 5 heteroatoms. The van der Waals surface area contributed by atoms with Gasteiger partial charge in [-0.3, -0.25) is 9.89 Å². The van der Waals surface area contributed by atoms with Crippen molar-refractivity contribution in [2.24, 2.45) is 5.92 Å². The van der Waals surface area contributed by atoms with Gasteiger partial charge >= 0.3 is 0 Å². The maximum Gasteiger partial charge on any atom is 0.276 e. The fraction of sp³-hybridized carbons (Fsp3) is 0.714. The lowest BCUT2D eigenvalue weighted by atomic mass is 9.85. The summed E-state index contributed by atoms with van der Waals surface area (Å²) in [6, 6.07) is 0. The lowest BCUT2D eigenvalue weighted by Crippen LogP contribution is -2.37. The van der Waals surface area contributed by atoms with Crippen molar-refractivity contribution in [2.75, 3.05) is 18.8 Å². The van der Waals surface area contributed by atoms with Gasteiger partial charge < -0.3 is 10.6 Å². The number of carbonyl (C=O) groups excluding carboxylic acids is 1. The summed E-state index contributed by atoms with van der Waals surface area (Å²) in [4.78, 5) is 14.3. The van der Waals surface area contributed by atoms with Gasteiger partial charge in [-0.2, -0.15) is 5.10 Å². The van der Waals surface area contributed by atoms with Crippen LogP contribution in [-0.2, 0) is 0 Å². The maximum atomic E-state index is 12.5. The van der Waals surface area contributed by atoms with E-state index < -0.39 is 0 Å². The predicted molar refractivity (Wildman–Crippen MR) is 76.0 cm³/mol. The number of aromatic nitrogens is 2. The van der Waals surface area contributed by atoms with Gasteiger partial charge in [0.15, 0.2) is 5.69 Å². The molecule has 0 saturated heterocycles. The van der Waals surface area contributed by atoms with Crippen LogP contribution >= 0.6 is 0 Å². The van der Waals surface area contributed by atoms with Gasteiger partial charge in [0.1, 0.15) is 0 Å². The third-order valence-corrected chi connectivity index (χ3v) is 3.99. The Morgan fingerprint density at radius 2 is 2.21 bits per heavy atom. The first-order valence-electron chi connectivity index (χ1n) is 7.17. The average Bonchev–Trinajstić information content (AvgIpc) is 2.69. The molecule has 0 radical (unpaired) electrons. The van der Waals surface area contributed by atoms with Crippen molar-refractivity contribution in [3.8, 4) is 0 Å². The Morgan fingerprint density at radius 1 is 1.53 bits per heavy atom. The van der Waals surface area contributed by atoms with Crippen LogP contribution in [0.1, 0.15) is 62.1 Å². The van der Waals surface area contributed by atoms with Crippen LogP contribution in [-0.4, -0.2) is 34.1 Å². The summed E-state index contributed by atoms with van der Waals surface area (Å²) in [5.74, 6) is 0.861. The van der Waals surface area contributed by atoms with Crippen molar-refractivity contribution in [3.05, 3.63) is 11.4 Å². The largest absolute Gasteiger partial charge is 0.395 e. The number of amides is 1. The number of hydrogen-bond donors (Lipinski definition) is 2. The van der Waals surface area contributed by atoms with E-state index in [0.717, 1.165) is 12.2 Å². The minimum Gasteiger partial charge on any atom is -0.395 e. The highest BCUT2D eigenvalue weighted by Crippen LogP contribution is 2.28. The highest BCUT2D eigenvalue weighted by molar-refractivity contribution is 5.97. The van der Waals surface area contributed by atoms with E-state index >= 15 is 0 Å². The zero-order valence-electron chi connectivity index (χ0n) is 12.1. The molecular weight excluding hydrogens is 240 g/mol. The molecule has 0 bridgehead atoms. The van der Waals surface area contributed by atoms with E-state index in [1.165, 1.54) is 19.3 Å². The molecular formula is C14H24N4O. The monoisotopic (exact) mass is 264 g/mol. The zero-order valence-corrected chi connectivity index (χ0v) is 12.1. The van der Waals surface area contributed by atoms with Gasteiger partial charge in [0.2, 0.25) is 0 Å². The molecule has 1 aliphatic rings. The number of anilines is 1. The zero-order chi connectivity index (χ0) is 14.0. The summed E-state index contributed by atoms with van der Waals surface area (Å²) in [7, 11) is 0. The maximum absolute atomic E-state index is 12.5. The van der Waals surface area contributed by atoms with Crippen molar-refractivity contribution in [1.29, 1.82) is 0 Å². The SMILES string of the molecule is CCN(CC1CCC1)C(=O)c1n[nH]c(C(C)C)c1N. The van der Waals surface area contributed by atoms with Crippen molar-refractivity contribution < 1.29 is 4.79 Å². The van der Waals surface area contributed by atoms with Crippen molar-refractivity contribution in [3.63, 3.8) is 0 Å². The molecule has 1 saturated carbocycles. The van der Waals surface area contributed by atoms with E-state index in [-0.39, 0.29) is 11.8 Å². The van der Waals surface area contributed by atoms with Gasteiger partial charge in [-0.15, -0.1) is 0 Å². The van der Waals surface area contributed by atoms with Gasteiger partial charge in [-0.1, -0.05) is 20.3 Å². The molecule has 1 aromatic heterocycles. The Morgan fingerprint density at radius 3 is 2.63 bits per heavy atom. The predicted octanol–water partition coefficient (Wildman–Crippen LogP) is 2.38. The second-order valence-electron chi connectivity index (χ2n) is 5.69. The Balaban J connectivity index is 2.12. The summed E-state index contributed by atoms with van der Waals surface area (Å²) < 4.78 is 0. The second-order valence-corrected chi connectivity index (χ2v) is 5.69. The first-order valence-corrected chi connectivity index (χ1v) is 7.17. The molecule has 1 fully saturated rings. The van der Waals surface area contributed by atoms with Gasteiger partial charge in [0.05, 0.1) is 11.4 Å². The van der Waals surface area contributed by atoms with Crippen LogP contribution in [0, 0.1) is 5.92 Å². The first-order chi connectivity index (χ1) is 9.04. The van der Waals surface area contributed by atoms with E-state index in [2.05, 4.69) is 10.2 Å². The van der Waals surface area contributed by atoms with Crippen molar-refractivity contribution in [2.45, 2.75) is 46.0 Å². The number of rotatable bonds is 5. The molecule has 1 aliphatic carbocycles. The second kappa shape index (κ2) is 5.63. The standard InChI is InChI=1S/C14H24N4O/c1-4-18(8-10-6-5-7-10)14(19)13-11(15)12(9(2)3)16-17-13/h9-10H,4-8,15H2,1-3H3,(H,16,17). The van der Waals surface area contributed by atoms with E-state index in [1.54, 1.807) is 0 Å². The van der Waals surface area contributed by atoms with E-state index in [1.807, 2.05) is 25.7 Å². The number of hydrogen-bond acceptors (Lipinski definition) is 3. The van der Waals surface area contributed by atoms with Crippen LogP contribution < -0.4 is 5.73 Å². The van der Waals surface area contributed by atoms with Crippen LogP contribution in [0.15, 0.2) is 0 Å². The minimum absolute atomic E-state index is 0.0462. The van der Waals surface area contributed by atoms with Gasteiger partial charge in [-0.25, -0.2) is 0 Å². The quantitative estimate of drug-likeness (QED) is 0.857. The lowest BCUT2D eigenvalue weighted by molar-refractivity contribution is 0.0701. The topological polar surface area (TPSA) is 75.0 Å². The number of nitrogens with one attached hydrogen (secondary N) is 1. The normalized spacial score (nSPS) is 15.6. The molecule has 0 aliphatic heterocycles. The number of carbonyl (C=O) groups is 1. The molecule has 0 unspecified atom stereocenters. The molecule has 106 valence electrons. The number of aromatic amines is 1. The van der Waals surface area contributed by atoms with E-state index in [0.29, 0.717) is 23.8 Å². The summed E-state index contributed by atoms with van der Waals surface area (Å²) in [5.41, 5.74) is 7.77. The summed E-state index contributed by atoms with van der Waals surface area (Å²) in [5, 5.41) is 7.01. The molecule has 0 spiro atoms. The number of nitrogen functional groups attached to an aromatic ring is 1. The van der Waals surface area contributed by atoms with E-state index in [9.17, 15) is 4.79 Å².